The molecule has 110 valence electrons. The number of hydrogen-bond acceptors (Lipinski definition) is 2. The maximum atomic E-state index is 11.2. The minimum Gasteiger partial charge on any atom is -0.478 e. The zero-order chi connectivity index (χ0) is 14.9. The number of hydrogen-bond donors (Lipinski definition) is 2. The van der Waals surface area contributed by atoms with E-state index in [2.05, 4.69) is 20.8 Å². The summed E-state index contributed by atoms with van der Waals surface area (Å²) < 4.78 is 0. The van der Waals surface area contributed by atoms with Crippen LogP contribution in [0.3, 0.4) is 0 Å². The SMILES string of the molecule is CC1CC(c2cccc(C(=O)O)c2N)CC(C(C)C)C1. The lowest BCUT2D eigenvalue weighted by molar-refractivity contribution is 0.0698. The number of carbonyl (C=O) groups is 1. The van der Waals surface area contributed by atoms with Gasteiger partial charge >= 0.3 is 5.97 Å². The van der Waals surface area contributed by atoms with E-state index in [9.17, 15) is 9.90 Å². The summed E-state index contributed by atoms with van der Waals surface area (Å²) in [5.41, 5.74) is 7.83. The van der Waals surface area contributed by atoms with Crippen LogP contribution in [0.25, 0.3) is 0 Å². The molecule has 1 aromatic rings. The minimum absolute atomic E-state index is 0.238. The molecule has 3 atom stereocenters. The van der Waals surface area contributed by atoms with Gasteiger partial charge in [0.1, 0.15) is 0 Å². The van der Waals surface area contributed by atoms with Gasteiger partial charge in [-0.05, 0) is 54.6 Å². The lowest BCUT2D eigenvalue weighted by Crippen LogP contribution is -2.24. The van der Waals surface area contributed by atoms with Crippen molar-refractivity contribution in [1.82, 2.24) is 0 Å². The van der Waals surface area contributed by atoms with Gasteiger partial charge in [0.05, 0.1) is 5.56 Å². The predicted molar refractivity (Wildman–Crippen MR) is 81.9 cm³/mol. The van der Waals surface area contributed by atoms with E-state index in [4.69, 9.17) is 5.73 Å². The Hall–Kier alpha value is -1.51. The lowest BCUT2D eigenvalue weighted by Gasteiger charge is -2.36. The van der Waals surface area contributed by atoms with Crippen LogP contribution >= 0.6 is 0 Å². The quantitative estimate of drug-likeness (QED) is 0.815. The van der Waals surface area contributed by atoms with Gasteiger partial charge in [0, 0.05) is 5.69 Å². The highest BCUT2D eigenvalue weighted by atomic mass is 16.4. The molecular formula is C17H25NO2. The molecule has 0 aromatic heterocycles. The number of para-hydroxylation sites is 1. The van der Waals surface area contributed by atoms with Crippen LogP contribution in [-0.2, 0) is 0 Å². The van der Waals surface area contributed by atoms with Crippen molar-refractivity contribution in [3.63, 3.8) is 0 Å². The van der Waals surface area contributed by atoms with Crippen LogP contribution in [-0.4, -0.2) is 11.1 Å². The van der Waals surface area contributed by atoms with E-state index >= 15 is 0 Å². The first kappa shape index (κ1) is 14.9. The van der Waals surface area contributed by atoms with Crippen molar-refractivity contribution >= 4 is 11.7 Å². The lowest BCUT2D eigenvalue weighted by atomic mass is 9.69. The van der Waals surface area contributed by atoms with E-state index in [0.717, 1.165) is 18.4 Å². The smallest absolute Gasteiger partial charge is 0.337 e. The fourth-order valence-electron chi connectivity index (χ4n) is 3.58. The van der Waals surface area contributed by atoms with Crippen molar-refractivity contribution in [3.05, 3.63) is 29.3 Å². The fourth-order valence-corrected chi connectivity index (χ4v) is 3.58. The molecule has 0 aliphatic heterocycles. The van der Waals surface area contributed by atoms with Crippen molar-refractivity contribution in [2.75, 3.05) is 5.73 Å². The highest BCUT2D eigenvalue weighted by molar-refractivity contribution is 5.94. The predicted octanol–water partition coefficient (Wildman–Crippen LogP) is 4.14. The number of nitrogen functional groups attached to an aromatic ring is 1. The molecule has 1 aliphatic carbocycles. The summed E-state index contributed by atoms with van der Waals surface area (Å²) in [6.07, 6.45) is 3.50. The van der Waals surface area contributed by atoms with Crippen molar-refractivity contribution in [2.45, 2.75) is 46.0 Å². The molecule has 0 amide bonds. The summed E-state index contributed by atoms with van der Waals surface area (Å²) in [7, 11) is 0. The number of aromatic carboxylic acids is 1. The molecule has 0 bridgehead atoms. The van der Waals surface area contributed by atoms with Gasteiger partial charge in [-0.3, -0.25) is 0 Å². The summed E-state index contributed by atoms with van der Waals surface area (Å²) in [4.78, 5) is 11.2. The van der Waals surface area contributed by atoms with E-state index in [-0.39, 0.29) is 5.56 Å². The van der Waals surface area contributed by atoms with Gasteiger partial charge in [-0.25, -0.2) is 4.79 Å². The van der Waals surface area contributed by atoms with Crippen LogP contribution in [0, 0.1) is 17.8 Å². The molecule has 0 saturated heterocycles. The van der Waals surface area contributed by atoms with Crippen LogP contribution in [0.5, 0.6) is 0 Å². The van der Waals surface area contributed by atoms with Crippen molar-refractivity contribution < 1.29 is 9.90 Å². The third kappa shape index (κ3) is 2.97. The van der Waals surface area contributed by atoms with E-state index in [0.29, 0.717) is 29.4 Å². The average molecular weight is 275 g/mol. The zero-order valence-corrected chi connectivity index (χ0v) is 12.6. The van der Waals surface area contributed by atoms with Crippen molar-refractivity contribution in [3.8, 4) is 0 Å². The second-order valence-electron chi connectivity index (χ2n) is 6.63. The fraction of sp³-hybridized carbons (Fsp3) is 0.588. The largest absolute Gasteiger partial charge is 0.478 e. The molecule has 2 rings (SSSR count). The number of anilines is 1. The van der Waals surface area contributed by atoms with Gasteiger partial charge in [-0.2, -0.15) is 0 Å². The Morgan fingerprint density at radius 1 is 1.30 bits per heavy atom. The first-order chi connectivity index (χ1) is 9.40. The Morgan fingerprint density at radius 2 is 2.00 bits per heavy atom. The second-order valence-corrected chi connectivity index (χ2v) is 6.63. The summed E-state index contributed by atoms with van der Waals surface area (Å²) in [6, 6.07) is 5.41. The number of rotatable bonds is 3. The maximum absolute atomic E-state index is 11.2. The Bertz CT molecular complexity index is 496. The maximum Gasteiger partial charge on any atom is 0.337 e. The Labute approximate surface area is 121 Å². The van der Waals surface area contributed by atoms with Gasteiger partial charge in [0.25, 0.3) is 0 Å². The Kier molecular flexibility index (Phi) is 4.36. The monoisotopic (exact) mass is 275 g/mol. The normalized spacial score (nSPS) is 26.7. The molecule has 3 heteroatoms. The third-order valence-corrected chi connectivity index (χ3v) is 4.73. The van der Waals surface area contributed by atoms with E-state index in [1.165, 1.54) is 6.42 Å². The summed E-state index contributed by atoms with van der Waals surface area (Å²) in [5.74, 6) is 1.51. The van der Waals surface area contributed by atoms with Crippen LogP contribution in [0.1, 0.15) is 61.9 Å². The van der Waals surface area contributed by atoms with E-state index < -0.39 is 5.97 Å². The molecule has 1 fully saturated rings. The topological polar surface area (TPSA) is 63.3 Å². The Balaban J connectivity index is 2.31. The minimum atomic E-state index is -0.936. The van der Waals surface area contributed by atoms with Crippen molar-refractivity contribution in [1.29, 1.82) is 0 Å². The molecule has 3 N–H and O–H groups in total. The molecule has 3 unspecified atom stereocenters. The summed E-state index contributed by atoms with van der Waals surface area (Å²) in [6.45, 7) is 6.84. The van der Waals surface area contributed by atoms with Gasteiger partial charge < -0.3 is 10.8 Å². The number of carboxylic acid groups (broad SMARTS) is 1. The molecule has 1 saturated carbocycles. The first-order valence-electron chi connectivity index (χ1n) is 7.51. The van der Waals surface area contributed by atoms with Crippen LogP contribution in [0.15, 0.2) is 18.2 Å². The second kappa shape index (κ2) is 5.86. The van der Waals surface area contributed by atoms with Crippen LogP contribution in [0.4, 0.5) is 5.69 Å². The molecule has 0 radical (unpaired) electrons. The highest BCUT2D eigenvalue weighted by Crippen LogP contribution is 2.43. The molecule has 1 aliphatic rings. The summed E-state index contributed by atoms with van der Waals surface area (Å²) >= 11 is 0. The molecule has 1 aromatic carbocycles. The highest BCUT2D eigenvalue weighted by Gasteiger charge is 2.30. The Morgan fingerprint density at radius 3 is 2.60 bits per heavy atom. The van der Waals surface area contributed by atoms with E-state index in [1.807, 2.05) is 12.1 Å². The van der Waals surface area contributed by atoms with Gasteiger partial charge in [-0.15, -0.1) is 0 Å². The van der Waals surface area contributed by atoms with Gasteiger partial charge in [0.15, 0.2) is 0 Å². The molecule has 3 nitrogen and oxygen atoms in total. The van der Waals surface area contributed by atoms with Gasteiger partial charge in [0.2, 0.25) is 0 Å². The molecule has 0 spiro atoms. The van der Waals surface area contributed by atoms with E-state index in [1.54, 1.807) is 6.07 Å². The molecule has 20 heavy (non-hydrogen) atoms. The third-order valence-electron chi connectivity index (χ3n) is 4.73. The van der Waals surface area contributed by atoms with Gasteiger partial charge in [-0.1, -0.05) is 32.9 Å². The number of nitrogens with two attached hydrogens (primary N) is 1. The first-order valence-corrected chi connectivity index (χ1v) is 7.51. The number of benzene rings is 1. The van der Waals surface area contributed by atoms with Crippen LogP contribution in [0.2, 0.25) is 0 Å². The average Bonchev–Trinajstić information content (AvgIpc) is 2.37. The standard InChI is InChI=1S/C17H25NO2/c1-10(2)12-7-11(3)8-13(9-12)14-5-4-6-15(16(14)18)17(19)20/h4-6,10-13H,7-9,18H2,1-3H3,(H,19,20). The molecule has 0 heterocycles. The molecular weight excluding hydrogens is 250 g/mol. The summed E-state index contributed by atoms with van der Waals surface area (Å²) in [5, 5.41) is 9.20. The zero-order valence-electron chi connectivity index (χ0n) is 12.6. The van der Waals surface area contributed by atoms with Crippen LogP contribution < -0.4 is 5.73 Å². The van der Waals surface area contributed by atoms with Crippen molar-refractivity contribution in [2.24, 2.45) is 17.8 Å². The number of carboxylic acids is 1.